The number of aromatic nitrogens is 1. The number of halogens is 4. The second-order valence-electron chi connectivity index (χ2n) is 4.14. The van der Waals surface area contributed by atoms with E-state index >= 15 is 0 Å². The van der Waals surface area contributed by atoms with Crippen LogP contribution in [0.15, 0.2) is 47.1 Å². The lowest BCUT2D eigenvalue weighted by Crippen LogP contribution is -2.04. The first-order valence-electron chi connectivity index (χ1n) is 5.80. The molecule has 2 nitrogen and oxygen atoms in total. The molecule has 2 aromatic rings. The van der Waals surface area contributed by atoms with Gasteiger partial charge in [-0.2, -0.15) is 13.2 Å². The van der Waals surface area contributed by atoms with Gasteiger partial charge in [-0.1, -0.05) is 18.2 Å². The summed E-state index contributed by atoms with van der Waals surface area (Å²) < 4.78 is 43.3. The van der Waals surface area contributed by atoms with Crippen molar-refractivity contribution in [1.29, 1.82) is 0 Å². The van der Waals surface area contributed by atoms with Crippen molar-refractivity contribution in [3.05, 3.63) is 63.9 Å². The number of pyridine rings is 1. The van der Waals surface area contributed by atoms with E-state index in [0.29, 0.717) is 16.8 Å². The Balaban J connectivity index is 1.88. The first-order chi connectivity index (χ1) is 9.45. The molecule has 0 unspecified atom stereocenters. The van der Waals surface area contributed by atoms with Gasteiger partial charge in [0.05, 0.1) is 24.5 Å². The lowest BCUT2D eigenvalue weighted by atomic mass is 10.1. The van der Waals surface area contributed by atoms with E-state index in [1.54, 1.807) is 6.07 Å². The van der Waals surface area contributed by atoms with Crippen LogP contribution in [0, 0.1) is 0 Å². The molecule has 106 valence electrons. The van der Waals surface area contributed by atoms with Crippen LogP contribution >= 0.6 is 15.9 Å². The van der Waals surface area contributed by atoms with Gasteiger partial charge in [0.25, 0.3) is 0 Å². The second kappa shape index (κ2) is 6.37. The largest absolute Gasteiger partial charge is 0.416 e. The molecule has 1 heterocycles. The molecule has 0 N–H and O–H groups in total. The van der Waals surface area contributed by atoms with Gasteiger partial charge in [0.2, 0.25) is 0 Å². The fraction of sp³-hybridized carbons (Fsp3) is 0.214. The smallest absolute Gasteiger partial charge is 0.370 e. The summed E-state index contributed by atoms with van der Waals surface area (Å²) in [4.78, 5) is 4.19. The van der Waals surface area contributed by atoms with E-state index in [4.69, 9.17) is 4.74 Å². The Morgan fingerprint density at radius 2 is 1.70 bits per heavy atom. The standard InChI is InChI=1S/C14H11BrF3NO/c15-13-3-1-2-12(19-13)9-20-8-10-4-6-11(7-5-10)14(16,17)18/h1-7H,8-9H2. The van der Waals surface area contributed by atoms with Crippen LogP contribution in [0.5, 0.6) is 0 Å². The maximum Gasteiger partial charge on any atom is 0.416 e. The van der Waals surface area contributed by atoms with Gasteiger partial charge in [-0.05, 0) is 45.8 Å². The Hall–Kier alpha value is -1.40. The maximum atomic E-state index is 12.4. The number of rotatable bonds is 4. The van der Waals surface area contributed by atoms with Crippen molar-refractivity contribution in [2.75, 3.05) is 0 Å². The predicted molar refractivity (Wildman–Crippen MR) is 71.9 cm³/mol. The highest BCUT2D eigenvalue weighted by Gasteiger charge is 2.29. The number of hydrogen-bond donors (Lipinski definition) is 0. The quantitative estimate of drug-likeness (QED) is 0.756. The van der Waals surface area contributed by atoms with Crippen LogP contribution in [-0.4, -0.2) is 4.98 Å². The fourth-order valence-electron chi connectivity index (χ4n) is 1.59. The Bertz CT molecular complexity index is 569. The molecule has 1 aromatic carbocycles. The van der Waals surface area contributed by atoms with Gasteiger partial charge in [-0.15, -0.1) is 0 Å². The number of nitrogens with zero attached hydrogens (tertiary/aromatic N) is 1. The van der Waals surface area contributed by atoms with Crippen molar-refractivity contribution in [2.45, 2.75) is 19.4 Å². The minimum atomic E-state index is -4.31. The van der Waals surface area contributed by atoms with Gasteiger partial charge in [0, 0.05) is 0 Å². The van der Waals surface area contributed by atoms with Crippen molar-refractivity contribution >= 4 is 15.9 Å². The van der Waals surface area contributed by atoms with E-state index < -0.39 is 11.7 Å². The van der Waals surface area contributed by atoms with Crippen molar-refractivity contribution < 1.29 is 17.9 Å². The predicted octanol–water partition coefficient (Wildman–Crippen LogP) is 4.58. The summed E-state index contributed by atoms with van der Waals surface area (Å²) in [7, 11) is 0. The van der Waals surface area contributed by atoms with E-state index in [9.17, 15) is 13.2 Å². The molecule has 2 rings (SSSR count). The zero-order chi connectivity index (χ0) is 14.6. The lowest BCUT2D eigenvalue weighted by molar-refractivity contribution is -0.137. The Morgan fingerprint density at radius 1 is 1.00 bits per heavy atom. The number of benzene rings is 1. The van der Waals surface area contributed by atoms with Crippen LogP contribution in [0.25, 0.3) is 0 Å². The Morgan fingerprint density at radius 3 is 2.30 bits per heavy atom. The monoisotopic (exact) mass is 345 g/mol. The van der Waals surface area contributed by atoms with Crippen molar-refractivity contribution in [3.8, 4) is 0 Å². The highest BCUT2D eigenvalue weighted by Crippen LogP contribution is 2.29. The van der Waals surface area contributed by atoms with Gasteiger partial charge in [0.15, 0.2) is 0 Å². The molecule has 20 heavy (non-hydrogen) atoms. The van der Waals surface area contributed by atoms with Crippen LogP contribution in [-0.2, 0) is 24.1 Å². The number of hydrogen-bond acceptors (Lipinski definition) is 2. The van der Waals surface area contributed by atoms with E-state index in [0.717, 1.165) is 17.8 Å². The number of alkyl halides is 3. The molecule has 6 heteroatoms. The molecule has 0 aliphatic rings. The molecule has 0 fully saturated rings. The normalized spacial score (nSPS) is 11.6. The zero-order valence-corrected chi connectivity index (χ0v) is 11.9. The van der Waals surface area contributed by atoms with Gasteiger partial charge < -0.3 is 4.74 Å². The van der Waals surface area contributed by atoms with Crippen LogP contribution in [0.1, 0.15) is 16.8 Å². The molecule has 0 aliphatic heterocycles. The average Bonchev–Trinajstić information content (AvgIpc) is 2.38. The molecule has 0 saturated heterocycles. The first kappa shape index (κ1) is 15.0. The minimum Gasteiger partial charge on any atom is -0.370 e. The molecule has 0 atom stereocenters. The van der Waals surface area contributed by atoms with Gasteiger partial charge >= 0.3 is 6.18 Å². The molecule has 0 spiro atoms. The highest BCUT2D eigenvalue weighted by molar-refractivity contribution is 9.10. The van der Waals surface area contributed by atoms with Crippen molar-refractivity contribution in [2.24, 2.45) is 0 Å². The average molecular weight is 346 g/mol. The highest BCUT2D eigenvalue weighted by atomic mass is 79.9. The Labute approximate surface area is 122 Å². The van der Waals surface area contributed by atoms with Crippen molar-refractivity contribution in [3.63, 3.8) is 0 Å². The second-order valence-corrected chi connectivity index (χ2v) is 4.95. The maximum absolute atomic E-state index is 12.4. The summed E-state index contributed by atoms with van der Waals surface area (Å²) in [5.74, 6) is 0. The number of ether oxygens (including phenoxy) is 1. The summed E-state index contributed by atoms with van der Waals surface area (Å²) >= 11 is 3.25. The molecular weight excluding hydrogens is 335 g/mol. The van der Waals surface area contributed by atoms with Gasteiger partial charge in [-0.3, -0.25) is 0 Å². The van der Waals surface area contributed by atoms with E-state index in [-0.39, 0.29) is 6.61 Å². The van der Waals surface area contributed by atoms with Gasteiger partial charge in [0.1, 0.15) is 4.60 Å². The molecule has 1 aromatic heterocycles. The van der Waals surface area contributed by atoms with E-state index in [1.165, 1.54) is 12.1 Å². The van der Waals surface area contributed by atoms with Crippen LogP contribution in [0.3, 0.4) is 0 Å². The minimum absolute atomic E-state index is 0.242. The fourth-order valence-corrected chi connectivity index (χ4v) is 1.97. The van der Waals surface area contributed by atoms with Crippen LogP contribution in [0.4, 0.5) is 13.2 Å². The van der Waals surface area contributed by atoms with Crippen LogP contribution in [0.2, 0.25) is 0 Å². The van der Waals surface area contributed by atoms with Gasteiger partial charge in [-0.25, -0.2) is 4.98 Å². The third-order valence-electron chi connectivity index (χ3n) is 2.57. The summed E-state index contributed by atoms with van der Waals surface area (Å²) in [6, 6.07) is 10.4. The molecule has 0 bridgehead atoms. The summed E-state index contributed by atoms with van der Waals surface area (Å²) in [6.45, 7) is 0.548. The van der Waals surface area contributed by atoms with Crippen molar-refractivity contribution in [1.82, 2.24) is 4.98 Å². The third-order valence-corrected chi connectivity index (χ3v) is 3.01. The summed E-state index contributed by atoms with van der Waals surface area (Å²) in [6.07, 6.45) is -4.31. The Kier molecular flexibility index (Phi) is 4.77. The molecule has 0 aliphatic carbocycles. The topological polar surface area (TPSA) is 22.1 Å². The van der Waals surface area contributed by atoms with Crippen LogP contribution < -0.4 is 0 Å². The van der Waals surface area contributed by atoms with E-state index in [2.05, 4.69) is 20.9 Å². The molecule has 0 amide bonds. The molecule has 0 saturated carbocycles. The third kappa shape index (κ3) is 4.31. The van der Waals surface area contributed by atoms with E-state index in [1.807, 2.05) is 12.1 Å². The SMILES string of the molecule is FC(F)(F)c1ccc(COCc2cccc(Br)n2)cc1. The lowest BCUT2D eigenvalue weighted by Gasteiger charge is -2.08. The summed E-state index contributed by atoms with van der Waals surface area (Å²) in [5, 5.41) is 0. The molecule has 0 radical (unpaired) electrons. The molecular formula is C14H11BrF3NO. The zero-order valence-electron chi connectivity index (χ0n) is 10.3. The first-order valence-corrected chi connectivity index (χ1v) is 6.60. The summed E-state index contributed by atoms with van der Waals surface area (Å²) in [5.41, 5.74) is 0.786.